The van der Waals surface area contributed by atoms with Crippen LogP contribution in [0.2, 0.25) is 5.15 Å². The van der Waals surface area contributed by atoms with Gasteiger partial charge in [0.25, 0.3) is 0 Å². The van der Waals surface area contributed by atoms with Crippen molar-refractivity contribution in [1.29, 1.82) is 0 Å². The van der Waals surface area contributed by atoms with Crippen LogP contribution in [0.3, 0.4) is 0 Å². The first-order chi connectivity index (χ1) is 7.11. The fraction of sp³-hybridized carbons (Fsp3) is 0.600. The molecule has 1 N–H and O–H groups in total. The lowest BCUT2D eigenvalue weighted by Crippen LogP contribution is -2.04. The number of hydrogen-bond donors (Lipinski definition) is 1. The Hall–Kier alpha value is -0.320. The summed E-state index contributed by atoms with van der Waals surface area (Å²) in [6.45, 7) is 4.14. The Labute approximate surface area is 99.3 Å². The summed E-state index contributed by atoms with van der Waals surface area (Å²) in [5.74, 6) is 2.72. The van der Waals surface area contributed by atoms with E-state index < -0.39 is 0 Å². The zero-order chi connectivity index (χ0) is 11.3. The minimum absolute atomic E-state index is 0.225. The van der Waals surface area contributed by atoms with Gasteiger partial charge in [0.05, 0.1) is 5.75 Å². The third-order valence-corrected chi connectivity index (χ3v) is 3.28. The average Bonchev–Trinajstić information content (AvgIpc) is 2.16. The van der Waals surface area contributed by atoms with E-state index in [9.17, 15) is 0 Å². The van der Waals surface area contributed by atoms with E-state index in [1.165, 1.54) is 0 Å². The van der Waals surface area contributed by atoms with Crippen LogP contribution in [0.5, 0.6) is 0 Å². The maximum absolute atomic E-state index is 8.85. The molecule has 1 heterocycles. The van der Waals surface area contributed by atoms with Crippen molar-refractivity contribution < 1.29 is 5.11 Å². The molecule has 0 fully saturated rings. The molecule has 0 aliphatic heterocycles. The van der Waals surface area contributed by atoms with E-state index in [1.54, 1.807) is 17.8 Å². The third kappa shape index (κ3) is 4.82. The van der Waals surface area contributed by atoms with E-state index in [0.717, 1.165) is 23.0 Å². The number of hydrogen-bond acceptors (Lipinski definition) is 4. The quantitative estimate of drug-likeness (QED) is 0.810. The van der Waals surface area contributed by atoms with Gasteiger partial charge in [0.1, 0.15) is 11.0 Å². The van der Waals surface area contributed by atoms with E-state index in [4.69, 9.17) is 16.7 Å². The van der Waals surface area contributed by atoms with Gasteiger partial charge >= 0.3 is 0 Å². The largest absolute Gasteiger partial charge is 0.396 e. The zero-order valence-corrected chi connectivity index (χ0v) is 10.5. The Kier molecular flexibility index (Phi) is 5.36. The highest BCUT2D eigenvalue weighted by molar-refractivity contribution is 7.98. The highest BCUT2D eigenvalue weighted by Gasteiger charge is 2.03. The summed E-state index contributed by atoms with van der Waals surface area (Å²) in [7, 11) is 0. The standard InChI is InChI=1S/C10H15ClN2OS/c1-7(4-14)5-15-6-10-12-8(2)3-9(11)13-10/h3,7,14H,4-6H2,1-2H3. The first kappa shape index (κ1) is 12.7. The van der Waals surface area contributed by atoms with Crippen LogP contribution in [0.4, 0.5) is 0 Å². The van der Waals surface area contributed by atoms with Crippen molar-refractivity contribution in [1.82, 2.24) is 9.97 Å². The maximum Gasteiger partial charge on any atom is 0.140 e. The van der Waals surface area contributed by atoms with Gasteiger partial charge in [-0.3, -0.25) is 0 Å². The fourth-order valence-electron chi connectivity index (χ4n) is 1.06. The molecule has 3 nitrogen and oxygen atoms in total. The normalized spacial score (nSPS) is 12.8. The number of aliphatic hydroxyl groups is 1. The van der Waals surface area contributed by atoms with Crippen molar-refractivity contribution in [3.63, 3.8) is 0 Å². The van der Waals surface area contributed by atoms with E-state index in [1.807, 2.05) is 13.8 Å². The Balaban J connectivity index is 2.43. The second kappa shape index (κ2) is 6.30. The van der Waals surface area contributed by atoms with Crippen molar-refractivity contribution in [3.05, 3.63) is 22.7 Å². The molecule has 0 aliphatic rings. The smallest absolute Gasteiger partial charge is 0.140 e. The molecular weight excluding hydrogens is 232 g/mol. The van der Waals surface area contributed by atoms with E-state index in [-0.39, 0.29) is 6.61 Å². The molecular formula is C10H15ClN2OS. The molecule has 0 saturated carbocycles. The molecule has 1 aromatic heterocycles. The average molecular weight is 247 g/mol. The fourth-order valence-corrected chi connectivity index (χ4v) is 2.25. The molecule has 0 aliphatic carbocycles. The second-order valence-electron chi connectivity index (χ2n) is 3.55. The van der Waals surface area contributed by atoms with Crippen molar-refractivity contribution in [3.8, 4) is 0 Å². The Bertz CT molecular complexity index is 302. The van der Waals surface area contributed by atoms with Crippen molar-refractivity contribution in [2.45, 2.75) is 19.6 Å². The van der Waals surface area contributed by atoms with Gasteiger partial charge < -0.3 is 5.11 Å². The monoisotopic (exact) mass is 246 g/mol. The van der Waals surface area contributed by atoms with E-state index in [2.05, 4.69) is 9.97 Å². The summed E-state index contributed by atoms with van der Waals surface area (Å²) in [5.41, 5.74) is 0.890. The number of aryl methyl sites for hydroxylation is 1. The van der Waals surface area contributed by atoms with Gasteiger partial charge in [-0.05, 0) is 24.7 Å². The maximum atomic E-state index is 8.85. The molecule has 1 rings (SSSR count). The van der Waals surface area contributed by atoms with Gasteiger partial charge in [-0.15, -0.1) is 0 Å². The lowest BCUT2D eigenvalue weighted by molar-refractivity contribution is 0.250. The molecule has 0 spiro atoms. The van der Waals surface area contributed by atoms with Crippen molar-refractivity contribution >= 4 is 23.4 Å². The number of rotatable bonds is 5. The molecule has 0 bridgehead atoms. The lowest BCUT2D eigenvalue weighted by atomic mass is 10.2. The molecule has 5 heteroatoms. The topological polar surface area (TPSA) is 46.0 Å². The third-order valence-electron chi connectivity index (χ3n) is 1.81. The zero-order valence-electron chi connectivity index (χ0n) is 8.90. The molecule has 1 unspecified atom stereocenters. The molecule has 84 valence electrons. The Morgan fingerprint density at radius 2 is 2.27 bits per heavy atom. The molecule has 0 amide bonds. The molecule has 15 heavy (non-hydrogen) atoms. The minimum Gasteiger partial charge on any atom is -0.396 e. The number of thioether (sulfide) groups is 1. The molecule has 1 aromatic rings. The number of aliphatic hydroxyl groups excluding tert-OH is 1. The van der Waals surface area contributed by atoms with Crippen LogP contribution >= 0.6 is 23.4 Å². The summed E-state index contributed by atoms with van der Waals surface area (Å²) < 4.78 is 0. The van der Waals surface area contributed by atoms with Crippen LogP contribution < -0.4 is 0 Å². The minimum atomic E-state index is 0.225. The molecule has 0 aromatic carbocycles. The van der Waals surface area contributed by atoms with Gasteiger partial charge in [-0.25, -0.2) is 9.97 Å². The molecule has 1 atom stereocenters. The predicted octanol–water partition coefficient (Wildman–Crippen LogP) is 2.30. The number of nitrogens with zero attached hydrogens (tertiary/aromatic N) is 2. The van der Waals surface area contributed by atoms with Crippen LogP contribution in [-0.4, -0.2) is 27.4 Å². The first-order valence-corrected chi connectivity index (χ1v) is 6.33. The summed E-state index contributed by atoms with van der Waals surface area (Å²) >= 11 is 7.53. The summed E-state index contributed by atoms with van der Waals surface area (Å²) in [4.78, 5) is 8.41. The summed E-state index contributed by atoms with van der Waals surface area (Å²) in [6, 6.07) is 1.74. The lowest BCUT2D eigenvalue weighted by Gasteiger charge is -2.06. The second-order valence-corrected chi connectivity index (χ2v) is 4.97. The van der Waals surface area contributed by atoms with Gasteiger partial charge in [-0.2, -0.15) is 11.8 Å². The van der Waals surface area contributed by atoms with Crippen LogP contribution in [0.25, 0.3) is 0 Å². The SMILES string of the molecule is Cc1cc(Cl)nc(CSCC(C)CO)n1. The van der Waals surface area contributed by atoms with E-state index >= 15 is 0 Å². The van der Waals surface area contributed by atoms with Crippen LogP contribution in [0.15, 0.2) is 6.07 Å². The number of aromatic nitrogens is 2. The van der Waals surface area contributed by atoms with Crippen molar-refractivity contribution in [2.24, 2.45) is 5.92 Å². The van der Waals surface area contributed by atoms with Gasteiger partial charge in [-0.1, -0.05) is 18.5 Å². The highest BCUT2D eigenvalue weighted by Crippen LogP contribution is 2.14. The van der Waals surface area contributed by atoms with Gasteiger partial charge in [0.15, 0.2) is 0 Å². The van der Waals surface area contributed by atoms with Gasteiger partial charge in [0.2, 0.25) is 0 Å². The molecule has 0 saturated heterocycles. The summed E-state index contributed by atoms with van der Waals surface area (Å²) in [5, 5.41) is 9.35. The molecule has 0 radical (unpaired) electrons. The van der Waals surface area contributed by atoms with E-state index in [0.29, 0.717) is 11.1 Å². The first-order valence-electron chi connectivity index (χ1n) is 4.80. The van der Waals surface area contributed by atoms with Crippen LogP contribution in [0, 0.1) is 12.8 Å². The summed E-state index contributed by atoms with van der Waals surface area (Å²) in [6.07, 6.45) is 0. The van der Waals surface area contributed by atoms with Gasteiger partial charge in [0, 0.05) is 12.3 Å². The van der Waals surface area contributed by atoms with Crippen molar-refractivity contribution in [2.75, 3.05) is 12.4 Å². The Morgan fingerprint density at radius 1 is 1.53 bits per heavy atom. The highest BCUT2D eigenvalue weighted by atomic mass is 35.5. The van der Waals surface area contributed by atoms with Crippen LogP contribution in [-0.2, 0) is 5.75 Å². The predicted molar refractivity (Wildman–Crippen MR) is 64.2 cm³/mol. The Morgan fingerprint density at radius 3 is 2.87 bits per heavy atom. The number of halogens is 1. The van der Waals surface area contributed by atoms with Crippen LogP contribution in [0.1, 0.15) is 18.4 Å².